The molecule has 0 spiro atoms. The largest absolute Gasteiger partial charge is 0.307 e. The van der Waals surface area contributed by atoms with E-state index in [1.807, 2.05) is 6.07 Å². The summed E-state index contributed by atoms with van der Waals surface area (Å²) in [6, 6.07) is 13.1. The van der Waals surface area contributed by atoms with Crippen molar-refractivity contribution in [3.05, 3.63) is 69.2 Å². The van der Waals surface area contributed by atoms with Crippen molar-refractivity contribution in [1.82, 2.24) is 5.32 Å². The van der Waals surface area contributed by atoms with E-state index in [2.05, 4.69) is 63.3 Å². The van der Waals surface area contributed by atoms with Crippen molar-refractivity contribution in [3.63, 3.8) is 0 Å². The average molecular weight is 288 g/mol. The van der Waals surface area contributed by atoms with E-state index < -0.39 is 0 Å². The van der Waals surface area contributed by atoms with Crippen molar-refractivity contribution in [2.45, 2.75) is 33.7 Å². The quantitative estimate of drug-likeness (QED) is 0.838. The highest BCUT2D eigenvalue weighted by molar-refractivity contribution is 6.30. The molecule has 20 heavy (non-hydrogen) atoms. The Morgan fingerprint density at radius 2 is 1.35 bits per heavy atom. The normalized spacial score (nSPS) is 12.4. The predicted molar refractivity (Wildman–Crippen MR) is 87.6 cm³/mol. The SMILES string of the molecule is CCNC(c1cc(C)cc(C)c1)c1cc(C)cc(Cl)c1. The van der Waals surface area contributed by atoms with Crippen LogP contribution in [0, 0.1) is 20.8 Å². The molecule has 2 aromatic carbocycles. The minimum absolute atomic E-state index is 0.191. The molecule has 1 N–H and O–H groups in total. The van der Waals surface area contributed by atoms with Crippen LogP contribution in [0.2, 0.25) is 5.02 Å². The van der Waals surface area contributed by atoms with Gasteiger partial charge in [-0.3, -0.25) is 0 Å². The lowest BCUT2D eigenvalue weighted by Crippen LogP contribution is -2.22. The zero-order valence-corrected chi connectivity index (χ0v) is 13.4. The number of rotatable bonds is 4. The molecule has 0 bridgehead atoms. The number of aryl methyl sites for hydroxylation is 3. The Morgan fingerprint density at radius 1 is 0.850 bits per heavy atom. The van der Waals surface area contributed by atoms with Gasteiger partial charge in [-0.05, 0) is 56.1 Å². The van der Waals surface area contributed by atoms with E-state index in [9.17, 15) is 0 Å². The van der Waals surface area contributed by atoms with E-state index in [0.29, 0.717) is 0 Å². The standard InChI is InChI=1S/C18H22ClN/c1-5-20-18(15-7-12(2)6-13(3)8-15)16-9-14(4)10-17(19)11-16/h6-11,18,20H,5H2,1-4H3. The van der Waals surface area contributed by atoms with Crippen molar-refractivity contribution in [2.24, 2.45) is 0 Å². The highest BCUT2D eigenvalue weighted by Crippen LogP contribution is 2.27. The summed E-state index contributed by atoms with van der Waals surface area (Å²) in [5.41, 5.74) is 6.30. The Hall–Kier alpha value is -1.31. The van der Waals surface area contributed by atoms with Gasteiger partial charge in [-0.15, -0.1) is 0 Å². The second-order valence-corrected chi connectivity index (χ2v) is 5.91. The van der Waals surface area contributed by atoms with Crippen LogP contribution in [0.25, 0.3) is 0 Å². The Kier molecular flexibility index (Phi) is 4.85. The zero-order chi connectivity index (χ0) is 14.7. The molecule has 0 radical (unpaired) electrons. The fourth-order valence-corrected chi connectivity index (χ4v) is 3.04. The molecule has 2 heteroatoms. The molecule has 0 aliphatic rings. The molecule has 1 unspecified atom stereocenters. The van der Waals surface area contributed by atoms with E-state index >= 15 is 0 Å². The summed E-state index contributed by atoms with van der Waals surface area (Å²) in [5, 5.41) is 4.36. The van der Waals surface area contributed by atoms with Gasteiger partial charge in [-0.1, -0.05) is 53.9 Å². The number of hydrogen-bond donors (Lipinski definition) is 1. The van der Waals surface area contributed by atoms with Crippen molar-refractivity contribution in [1.29, 1.82) is 0 Å². The fraction of sp³-hybridized carbons (Fsp3) is 0.333. The molecule has 0 saturated carbocycles. The fourth-order valence-electron chi connectivity index (χ4n) is 2.74. The van der Waals surface area contributed by atoms with Crippen LogP contribution in [0.3, 0.4) is 0 Å². The molecule has 0 fully saturated rings. The van der Waals surface area contributed by atoms with Crippen LogP contribution in [-0.4, -0.2) is 6.54 Å². The summed E-state index contributed by atoms with van der Waals surface area (Å²) in [6.45, 7) is 9.42. The van der Waals surface area contributed by atoms with Gasteiger partial charge in [-0.25, -0.2) is 0 Å². The average Bonchev–Trinajstić information content (AvgIpc) is 2.33. The first-order valence-corrected chi connectivity index (χ1v) is 7.46. The summed E-state index contributed by atoms with van der Waals surface area (Å²) in [6.07, 6.45) is 0. The predicted octanol–water partition coefficient (Wildman–Crippen LogP) is 4.96. The molecule has 2 rings (SSSR count). The molecule has 1 nitrogen and oxygen atoms in total. The van der Waals surface area contributed by atoms with Crippen LogP contribution in [-0.2, 0) is 0 Å². The zero-order valence-electron chi connectivity index (χ0n) is 12.6. The molecule has 1 atom stereocenters. The molecule has 0 saturated heterocycles. The summed E-state index contributed by atoms with van der Waals surface area (Å²) in [5.74, 6) is 0. The Balaban J connectivity index is 2.49. The molecule has 0 heterocycles. The highest BCUT2D eigenvalue weighted by atomic mass is 35.5. The lowest BCUT2D eigenvalue weighted by atomic mass is 9.94. The van der Waals surface area contributed by atoms with E-state index in [4.69, 9.17) is 11.6 Å². The Morgan fingerprint density at radius 3 is 1.85 bits per heavy atom. The summed E-state index contributed by atoms with van der Waals surface area (Å²) in [7, 11) is 0. The second-order valence-electron chi connectivity index (χ2n) is 5.47. The molecule has 0 aliphatic carbocycles. The van der Waals surface area contributed by atoms with Gasteiger partial charge < -0.3 is 5.32 Å². The van der Waals surface area contributed by atoms with Gasteiger partial charge in [0.1, 0.15) is 0 Å². The molecular formula is C18H22ClN. The van der Waals surface area contributed by atoms with Crippen molar-refractivity contribution in [2.75, 3.05) is 6.54 Å². The van der Waals surface area contributed by atoms with Crippen molar-refractivity contribution in [3.8, 4) is 0 Å². The minimum atomic E-state index is 0.191. The lowest BCUT2D eigenvalue weighted by Gasteiger charge is -2.21. The second kappa shape index (κ2) is 6.43. The Bertz CT molecular complexity index is 512. The summed E-state index contributed by atoms with van der Waals surface area (Å²) < 4.78 is 0. The maximum atomic E-state index is 6.22. The van der Waals surface area contributed by atoms with E-state index in [1.165, 1.54) is 27.8 Å². The topological polar surface area (TPSA) is 12.0 Å². The van der Waals surface area contributed by atoms with Gasteiger partial charge in [0.15, 0.2) is 0 Å². The van der Waals surface area contributed by atoms with Crippen LogP contribution >= 0.6 is 11.6 Å². The number of benzene rings is 2. The van der Waals surface area contributed by atoms with Gasteiger partial charge in [0.05, 0.1) is 6.04 Å². The van der Waals surface area contributed by atoms with Gasteiger partial charge in [-0.2, -0.15) is 0 Å². The summed E-state index contributed by atoms with van der Waals surface area (Å²) >= 11 is 6.22. The number of hydrogen-bond acceptors (Lipinski definition) is 1. The maximum Gasteiger partial charge on any atom is 0.0577 e. The lowest BCUT2D eigenvalue weighted by molar-refractivity contribution is 0.629. The minimum Gasteiger partial charge on any atom is -0.307 e. The molecular weight excluding hydrogens is 266 g/mol. The number of nitrogens with one attached hydrogen (secondary N) is 1. The first-order valence-electron chi connectivity index (χ1n) is 7.08. The third-order valence-corrected chi connectivity index (χ3v) is 3.60. The monoisotopic (exact) mass is 287 g/mol. The molecule has 0 amide bonds. The van der Waals surface area contributed by atoms with E-state index in [-0.39, 0.29) is 6.04 Å². The third kappa shape index (κ3) is 3.62. The first-order chi connectivity index (χ1) is 9.49. The molecule has 0 aromatic heterocycles. The van der Waals surface area contributed by atoms with Crippen LogP contribution in [0.5, 0.6) is 0 Å². The van der Waals surface area contributed by atoms with Crippen molar-refractivity contribution >= 4 is 11.6 Å². The van der Waals surface area contributed by atoms with E-state index in [1.54, 1.807) is 0 Å². The van der Waals surface area contributed by atoms with Gasteiger partial charge >= 0.3 is 0 Å². The van der Waals surface area contributed by atoms with Gasteiger partial charge in [0.25, 0.3) is 0 Å². The molecule has 106 valence electrons. The number of halogens is 1. The first kappa shape index (κ1) is 15.1. The maximum absolute atomic E-state index is 6.22. The van der Waals surface area contributed by atoms with Crippen LogP contribution in [0.1, 0.15) is 40.8 Å². The smallest absolute Gasteiger partial charge is 0.0577 e. The third-order valence-electron chi connectivity index (χ3n) is 3.38. The van der Waals surface area contributed by atoms with Crippen molar-refractivity contribution < 1.29 is 0 Å². The van der Waals surface area contributed by atoms with Gasteiger partial charge in [0, 0.05) is 5.02 Å². The van der Waals surface area contributed by atoms with Crippen LogP contribution < -0.4 is 5.32 Å². The molecule has 0 aliphatic heterocycles. The van der Waals surface area contributed by atoms with Crippen LogP contribution in [0.4, 0.5) is 0 Å². The van der Waals surface area contributed by atoms with E-state index in [0.717, 1.165) is 11.6 Å². The summed E-state index contributed by atoms with van der Waals surface area (Å²) in [4.78, 5) is 0. The molecule has 2 aromatic rings. The highest BCUT2D eigenvalue weighted by Gasteiger charge is 2.14. The van der Waals surface area contributed by atoms with Gasteiger partial charge in [0.2, 0.25) is 0 Å². The van der Waals surface area contributed by atoms with Crippen LogP contribution in [0.15, 0.2) is 36.4 Å². The Labute approximate surface area is 127 Å².